The molecule has 1 amide bonds. The van der Waals surface area contributed by atoms with Crippen molar-refractivity contribution in [3.8, 4) is 22.5 Å². The first-order valence-corrected chi connectivity index (χ1v) is 8.17. The first kappa shape index (κ1) is 14.6. The van der Waals surface area contributed by atoms with Crippen LogP contribution in [-0.4, -0.2) is 39.1 Å². The number of carbonyl (C=O) groups excluding carboxylic acids is 1. The van der Waals surface area contributed by atoms with E-state index in [1.807, 2.05) is 41.3 Å². The molecule has 2 aromatic heterocycles. The van der Waals surface area contributed by atoms with Crippen molar-refractivity contribution in [2.24, 2.45) is 0 Å². The molecular weight excluding hydrogens is 300 g/mol. The Kier molecular flexibility index (Phi) is 3.83. The van der Waals surface area contributed by atoms with Crippen LogP contribution in [0.1, 0.15) is 23.2 Å². The van der Waals surface area contributed by atoms with Gasteiger partial charge in [-0.1, -0.05) is 18.2 Å². The lowest BCUT2D eigenvalue weighted by Crippen LogP contribution is -2.27. The summed E-state index contributed by atoms with van der Waals surface area (Å²) in [5, 5.41) is 6.95. The molecule has 1 N–H and O–H groups in total. The molecule has 24 heavy (non-hydrogen) atoms. The van der Waals surface area contributed by atoms with Gasteiger partial charge in [0.2, 0.25) is 0 Å². The number of nitrogens with zero attached hydrogens (tertiary/aromatic N) is 3. The van der Waals surface area contributed by atoms with Crippen molar-refractivity contribution < 1.29 is 4.79 Å². The summed E-state index contributed by atoms with van der Waals surface area (Å²) in [6.07, 6.45) is 5.60. The van der Waals surface area contributed by atoms with Crippen LogP contribution in [0.25, 0.3) is 22.5 Å². The van der Waals surface area contributed by atoms with Crippen LogP contribution in [0.3, 0.4) is 0 Å². The highest BCUT2D eigenvalue weighted by atomic mass is 16.2. The van der Waals surface area contributed by atoms with Gasteiger partial charge in [-0.25, -0.2) is 0 Å². The zero-order valence-electron chi connectivity index (χ0n) is 13.3. The Morgan fingerprint density at radius 1 is 1.04 bits per heavy atom. The van der Waals surface area contributed by atoms with Gasteiger partial charge in [-0.2, -0.15) is 5.10 Å². The topological polar surface area (TPSA) is 61.9 Å². The van der Waals surface area contributed by atoms with Crippen LogP contribution < -0.4 is 0 Å². The van der Waals surface area contributed by atoms with E-state index in [1.54, 1.807) is 12.4 Å². The van der Waals surface area contributed by atoms with Crippen molar-refractivity contribution in [1.82, 2.24) is 20.1 Å². The second-order valence-electron chi connectivity index (χ2n) is 5.98. The summed E-state index contributed by atoms with van der Waals surface area (Å²) >= 11 is 0. The van der Waals surface area contributed by atoms with E-state index in [-0.39, 0.29) is 5.91 Å². The van der Waals surface area contributed by atoms with E-state index in [0.29, 0.717) is 5.56 Å². The number of aromatic amines is 1. The fraction of sp³-hybridized carbons (Fsp3) is 0.211. The van der Waals surface area contributed by atoms with Gasteiger partial charge in [0.25, 0.3) is 5.91 Å². The van der Waals surface area contributed by atoms with Crippen molar-refractivity contribution in [3.63, 3.8) is 0 Å². The summed E-state index contributed by atoms with van der Waals surface area (Å²) in [5.41, 5.74) is 4.56. The molecule has 0 bridgehead atoms. The molecule has 5 heteroatoms. The van der Waals surface area contributed by atoms with Gasteiger partial charge in [0.05, 0.1) is 17.0 Å². The zero-order chi connectivity index (χ0) is 16.4. The van der Waals surface area contributed by atoms with Crippen molar-refractivity contribution in [3.05, 3.63) is 60.4 Å². The number of likely N-dealkylation sites (tertiary alicyclic amines) is 1. The molecule has 0 atom stereocenters. The number of H-pyrrole nitrogens is 1. The molecule has 5 nitrogen and oxygen atoms in total. The maximum atomic E-state index is 12.4. The highest BCUT2D eigenvalue weighted by Gasteiger charge is 2.19. The Morgan fingerprint density at radius 3 is 2.58 bits per heavy atom. The van der Waals surface area contributed by atoms with E-state index in [9.17, 15) is 4.79 Å². The molecule has 1 aliphatic rings. The standard InChI is InChI=1S/C19H18N4O/c24-19(23-10-1-2-11-23)16-6-7-17(20-13-16)14-4-3-5-15(12-14)18-8-9-21-22-18/h3-9,12-13H,1-2,10-11H2,(H,21,22). The number of hydrogen-bond acceptors (Lipinski definition) is 3. The Bertz CT molecular complexity index is 834. The van der Waals surface area contributed by atoms with Gasteiger partial charge in [0, 0.05) is 36.6 Å². The largest absolute Gasteiger partial charge is 0.339 e. The minimum Gasteiger partial charge on any atom is -0.339 e. The average molecular weight is 318 g/mol. The summed E-state index contributed by atoms with van der Waals surface area (Å²) in [6.45, 7) is 1.71. The third kappa shape index (κ3) is 2.80. The summed E-state index contributed by atoms with van der Waals surface area (Å²) in [6, 6.07) is 13.8. The minimum atomic E-state index is 0.0813. The van der Waals surface area contributed by atoms with Crippen LogP contribution in [-0.2, 0) is 0 Å². The summed E-state index contributed by atoms with van der Waals surface area (Å²) < 4.78 is 0. The van der Waals surface area contributed by atoms with Crippen LogP contribution in [0.4, 0.5) is 0 Å². The van der Waals surface area contributed by atoms with Crippen molar-refractivity contribution in [2.75, 3.05) is 13.1 Å². The molecule has 0 spiro atoms. The van der Waals surface area contributed by atoms with Crippen LogP contribution in [0.2, 0.25) is 0 Å². The fourth-order valence-electron chi connectivity index (χ4n) is 3.06. The second-order valence-corrected chi connectivity index (χ2v) is 5.98. The normalized spacial score (nSPS) is 14.1. The van der Waals surface area contributed by atoms with E-state index in [4.69, 9.17) is 0 Å². The number of carbonyl (C=O) groups is 1. The number of hydrogen-bond donors (Lipinski definition) is 1. The van der Waals surface area contributed by atoms with Gasteiger partial charge < -0.3 is 4.90 Å². The first-order chi connectivity index (χ1) is 11.8. The van der Waals surface area contributed by atoms with Gasteiger partial charge in [0.15, 0.2) is 0 Å². The maximum absolute atomic E-state index is 12.4. The third-order valence-electron chi connectivity index (χ3n) is 4.37. The second kappa shape index (κ2) is 6.28. The quantitative estimate of drug-likeness (QED) is 0.805. The van der Waals surface area contributed by atoms with Crippen molar-refractivity contribution >= 4 is 5.91 Å². The molecule has 1 aliphatic heterocycles. The van der Waals surface area contributed by atoms with E-state index < -0.39 is 0 Å². The highest BCUT2D eigenvalue weighted by Crippen LogP contribution is 2.24. The molecule has 0 aliphatic carbocycles. The molecular formula is C19H18N4O. The SMILES string of the molecule is O=C(c1ccc(-c2cccc(-c3ccn[nH]3)c2)nc1)N1CCCC1. The molecule has 3 heterocycles. The van der Waals surface area contributed by atoms with Crippen LogP contribution in [0.15, 0.2) is 54.9 Å². The van der Waals surface area contributed by atoms with Gasteiger partial charge in [-0.05, 0) is 37.1 Å². The van der Waals surface area contributed by atoms with E-state index in [1.165, 1.54) is 0 Å². The number of aromatic nitrogens is 3. The molecule has 4 rings (SSSR count). The van der Waals surface area contributed by atoms with Gasteiger partial charge in [-0.3, -0.25) is 14.9 Å². The molecule has 0 radical (unpaired) electrons. The molecule has 0 unspecified atom stereocenters. The van der Waals surface area contributed by atoms with Crippen molar-refractivity contribution in [2.45, 2.75) is 12.8 Å². The Morgan fingerprint density at radius 2 is 1.88 bits per heavy atom. The summed E-state index contributed by atoms with van der Waals surface area (Å²) in [5.74, 6) is 0.0813. The summed E-state index contributed by atoms with van der Waals surface area (Å²) in [4.78, 5) is 18.8. The smallest absolute Gasteiger partial charge is 0.255 e. The average Bonchev–Trinajstić information content (AvgIpc) is 3.35. The number of nitrogens with one attached hydrogen (secondary N) is 1. The number of benzene rings is 1. The van der Waals surface area contributed by atoms with Gasteiger partial charge in [0.1, 0.15) is 0 Å². The van der Waals surface area contributed by atoms with Gasteiger partial charge >= 0.3 is 0 Å². The molecule has 120 valence electrons. The van der Waals surface area contributed by atoms with E-state index in [0.717, 1.165) is 48.4 Å². The zero-order valence-corrected chi connectivity index (χ0v) is 13.3. The Hall–Kier alpha value is -2.95. The third-order valence-corrected chi connectivity index (χ3v) is 4.37. The summed E-state index contributed by atoms with van der Waals surface area (Å²) in [7, 11) is 0. The maximum Gasteiger partial charge on any atom is 0.255 e. The highest BCUT2D eigenvalue weighted by molar-refractivity contribution is 5.94. The minimum absolute atomic E-state index is 0.0813. The predicted octanol–water partition coefficient (Wildman–Crippen LogP) is 3.37. The number of pyridine rings is 1. The van der Waals surface area contributed by atoms with Gasteiger partial charge in [-0.15, -0.1) is 0 Å². The predicted molar refractivity (Wildman–Crippen MR) is 92.4 cm³/mol. The fourth-order valence-corrected chi connectivity index (χ4v) is 3.06. The molecule has 3 aromatic rings. The monoisotopic (exact) mass is 318 g/mol. The van der Waals surface area contributed by atoms with Crippen molar-refractivity contribution in [1.29, 1.82) is 0 Å². The number of amides is 1. The lowest BCUT2D eigenvalue weighted by molar-refractivity contribution is 0.0792. The first-order valence-electron chi connectivity index (χ1n) is 8.17. The molecule has 1 aromatic carbocycles. The molecule has 0 saturated carbocycles. The van der Waals surface area contributed by atoms with Crippen LogP contribution in [0.5, 0.6) is 0 Å². The Labute approximate surface area is 140 Å². The Balaban J connectivity index is 1.59. The van der Waals surface area contributed by atoms with E-state index in [2.05, 4.69) is 21.2 Å². The molecule has 1 saturated heterocycles. The lowest BCUT2D eigenvalue weighted by Gasteiger charge is -2.15. The van der Waals surface area contributed by atoms with E-state index >= 15 is 0 Å². The van der Waals surface area contributed by atoms with Crippen LogP contribution >= 0.6 is 0 Å². The molecule has 1 fully saturated rings. The lowest BCUT2D eigenvalue weighted by atomic mass is 10.0. The number of rotatable bonds is 3. The van der Waals surface area contributed by atoms with Crippen LogP contribution in [0, 0.1) is 0 Å².